The molecule has 0 amide bonds. The van der Waals surface area contributed by atoms with E-state index in [1.807, 2.05) is 0 Å². The molecule has 4 rings (SSSR count). The van der Waals surface area contributed by atoms with E-state index in [2.05, 4.69) is 20.8 Å². The molecule has 19 heavy (non-hydrogen) atoms. The topological polar surface area (TPSA) is 55.8 Å². The summed E-state index contributed by atoms with van der Waals surface area (Å²) in [5, 5.41) is 10.8. The SMILES string of the molecule is COC1C(O)C2(C)CCC1(C(C)C)C1C(=O)OCC12. The molecule has 3 saturated carbocycles. The number of fused-ring (bicyclic) bond motifs is 2. The standard InChI is InChI=1S/C15H24O4/c1-8(2)15-6-5-14(3,11(16)12(15)18-4)9-7-19-13(17)10(9)15/h8-12,16H,5-7H2,1-4H3. The Morgan fingerprint density at radius 2 is 2.11 bits per heavy atom. The maximum atomic E-state index is 12.3. The molecule has 1 saturated heterocycles. The van der Waals surface area contributed by atoms with Crippen molar-refractivity contribution in [3.8, 4) is 0 Å². The van der Waals surface area contributed by atoms with Crippen LogP contribution < -0.4 is 0 Å². The first kappa shape index (κ1) is 13.4. The van der Waals surface area contributed by atoms with Crippen molar-refractivity contribution in [1.29, 1.82) is 0 Å². The van der Waals surface area contributed by atoms with Crippen molar-refractivity contribution in [2.24, 2.45) is 28.6 Å². The molecule has 1 heterocycles. The van der Waals surface area contributed by atoms with Gasteiger partial charge in [0, 0.05) is 23.9 Å². The highest BCUT2D eigenvalue weighted by Gasteiger charge is 2.72. The van der Waals surface area contributed by atoms with Crippen molar-refractivity contribution in [2.45, 2.75) is 45.8 Å². The number of ether oxygens (including phenoxy) is 2. The molecule has 4 aliphatic rings. The molecule has 0 aromatic heterocycles. The fraction of sp³-hybridized carbons (Fsp3) is 0.933. The van der Waals surface area contributed by atoms with Gasteiger partial charge >= 0.3 is 5.97 Å². The molecule has 1 aliphatic heterocycles. The summed E-state index contributed by atoms with van der Waals surface area (Å²) in [7, 11) is 1.65. The summed E-state index contributed by atoms with van der Waals surface area (Å²) in [6.45, 7) is 6.82. The monoisotopic (exact) mass is 268 g/mol. The van der Waals surface area contributed by atoms with Crippen LogP contribution in [0.5, 0.6) is 0 Å². The van der Waals surface area contributed by atoms with Gasteiger partial charge in [0.15, 0.2) is 0 Å². The van der Waals surface area contributed by atoms with Crippen molar-refractivity contribution in [1.82, 2.24) is 0 Å². The molecule has 2 bridgehead atoms. The van der Waals surface area contributed by atoms with E-state index in [0.717, 1.165) is 12.8 Å². The van der Waals surface area contributed by atoms with E-state index in [1.54, 1.807) is 7.11 Å². The average molecular weight is 268 g/mol. The molecule has 6 unspecified atom stereocenters. The lowest BCUT2D eigenvalue weighted by molar-refractivity contribution is -0.260. The highest BCUT2D eigenvalue weighted by Crippen LogP contribution is 2.67. The van der Waals surface area contributed by atoms with Crippen LogP contribution in [0.1, 0.15) is 33.6 Å². The van der Waals surface area contributed by atoms with Gasteiger partial charge in [0.05, 0.1) is 24.7 Å². The Hall–Kier alpha value is -0.610. The summed E-state index contributed by atoms with van der Waals surface area (Å²) in [5.74, 6) is 0.228. The number of methoxy groups -OCH3 is 1. The summed E-state index contributed by atoms with van der Waals surface area (Å²) in [5.41, 5.74) is -0.529. The largest absolute Gasteiger partial charge is 0.465 e. The molecule has 0 aromatic carbocycles. The summed E-state index contributed by atoms with van der Waals surface area (Å²) in [6, 6.07) is 0. The molecular formula is C15H24O4. The minimum Gasteiger partial charge on any atom is -0.465 e. The number of hydrogen-bond donors (Lipinski definition) is 1. The minimum atomic E-state index is -0.510. The fourth-order valence-corrected chi connectivity index (χ4v) is 5.16. The van der Waals surface area contributed by atoms with E-state index < -0.39 is 6.10 Å². The third-order valence-corrected chi connectivity index (χ3v) is 6.41. The van der Waals surface area contributed by atoms with Gasteiger partial charge in [0.2, 0.25) is 0 Å². The first-order valence-corrected chi connectivity index (χ1v) is 7.27. The second-order valence-electron chi connectivity index (χ2n) is 7.09. The average Bonchev–Trinajstić information content (AvgIpc) is 2.76. The quantitative estimate of drug-likeness (QED) is 0.773. The van der Waals surface area contributed by atoms with E-state index in [1.165, 1.54) is 0 Å². The summed E-state index contributed by atoms with van der Waals surface area (Å²) in [4.78, 5) is 12.3. The van der Waals surface area contributed by atoms with Gasteiger partial charge in [-0.25, -0.2) is 0 Å². The number of cyclic esters (lactones) is 1. The lowest BCUT2D eigenvalue weighted by Crippen LogP contribution is -2.70. The molecule has 6 atom stereocenters. The van der Waals surface area contributed by atoms with Gasteiger partial charge in [-0.1, -0.05) is 20.8 Å². The molecule has 4 fully saturated rings. The zero-order valence-electron chi connectivity index (χ0n) is 12.2. The van der Waals surface area contributed by atoms with Crippen LogP contribution in [0.4, 0.5) is 0 Å². The maximum absolute atomic E-state index is 12.3. The van der Waals surface area contributed by atoms with Gasteiger partial charge in [-0.3, -0.25) is 4.79 Å². The van der Waals surface area contributed by atoms with Crippen LogP contribution in [0.3, 0.4) is 0 Å². The number of carbonyl (C=O) groups is 1. The van der Waals surface area contributed by atoms with Crippen molar-refractivity contribution in [2.75, 3.05) is 13.7 Å². The molecule has 3 aliphatic carbocycles. The van der Waals surface area contributed by atoms with Crippen molar-refractivity contribution in [3.63, 3.8) is 0 Å². The zero-order valence-corrected chi connectivity index (χ0v) is 12.2. The van der Waals surface area contributed by atoms with Crippen LogP contribution in [0.15, 0.2) is 0 Å². The van der Waals surface area contributed by atoms with Crippen LogP contribution in [0, 0.1) is 28.6 Å². The fourth-order valence-electron chi connectivity index (χ4n) is 5.16. The molecule has 108 valence electrons. The lowest BCUT2D eigenvalue weighted by Gasteiger charge is -2.64. The normalized spacial score (nSPS) is 52.4. The molecule has 0 aromatic rings. The molecular weight excluding hydrogens is 244 g/mol. The van der Waals surface area contributed by atoms with Crippen LogP contribution >= 0.6 is 0 Å². The van der Waals surface area contributed by atoms with Gasteiger partial charge < -0.3 is 14.6 Å². The molecule has 0 radical (unpaired) electrons. The van der Waals surface area contributed by atoms with Gasteiger partial charge in [-0.15, -0.1) is 0 Å². The highest BCUT2D eigenvalue weighted by atomic mass is 16.5. The summed E-state index contributed by atoms with van der Waals surface area (Å²) in [6.07, 6.45) is 1.11. The van der Waals surface area contributed by atoms with Crippen molar-refractivity contribution < 1.29 is 19.4 Å². The molecule has 0 spiro atoms. The molecule has 4 nitrogen and oxygen atoms in total. The predicted octanol–water partition coefficient (Wildman–Crippen LogP) is 1.61. The van der Waals surface area contributed by atoms with Crippen molar-refractivity contribution >= 4 is 5.97 Å². The Labute approximate surface area is 114 Å². The van der Waals surface area contributed by atoms with E-state index >= 15 is 0 Å². The second-order valence-corrected chi connectivity index (χ2v) is 7.09. The van der Waals surface area contributed by atoms with Crippen molar-refractivity contribution in [3.05, 3.63) is 0 Å². The molecule has 1 N–H and O–H groups in total. The number of aliphatic hydroxyl groups is 1. The van der Waals surface area contributed by atoms with Crippen LogP contribution in [0.25, 0.3) is 0 Å². The Morgan fingerprint density at radius 3 is 2.68 bits per heavy atom. The van der Waals surface area contributed by atoms with E-state index in [-0.39, 0.29) is 40.7 Å². The second kappa shape index (κ2) is 3.95. The Bertz CT molecular complexity index is 407. The number of esters is 1. The van der Waals surface area contributed by atoms with E-state index in [4.69, 9.17) is 9.47 Å². The number of carbonyl (C=O) groups excluding carboxylic acids is 1. The first-order valence-electron chi connectivity index (χ1n) is 7.27. The third kappa shape index (κ3) is 1.34. The smallest absolute Gasteiger partial charge is 0.310 e. The zero-order chi connectivity index (χ0) is 14.0. The van der Waals surface area contributed by atoms with Gasteiger partial charge in [0.25, 0.3) is 0 Å². The Balaban J connectivity index is 2.16. The summed E-state index contributed by atoms with van der Waals surface area (Å²) < 4.78 is 11.0. The van der Waals surface area contributed by atoms with Gasteiger partial charge in [-0.2, -0.15) is 0 Å². The molecule has 4 heteroatoms. The van der Waals surface area contributed by atoms with Crippen LogP contribution in [-0.2, 0) is 14.3 Å². The maximum Gasteiger partial charge on any atom is 0.310 e. The number of rotatable bonds is 2. The van der Waals surface area contributed by atoms with Gasteiger partial charge in [-0.05, 0) is 18.8 Å². The Kier molecular flexibility index (Phi) is 2.78. The van der Waals surface area contributed by atoms with E-state index in [9.17, 15) is 9.90 Å². The van der Waals surface area contributed by atoms with Crippen LogP contribution in [-0.4, -0.2) is 37.0 Å². The summed E-state index contributed by atoms with van der Waals surface area (Å²) >= 11 is 0. The predicted molar refractivity (Wildman–Crippen MR) is 69.4 cm³/mol. The van der Waals surface area contributed by atoms with Crippen LogP contribution in [0.2, 0.25) is 0 Å². The number of aliphatic hydroxyl groups excluding tert-OH is 1. The third-order valence-electron chi connectivity index (χ3n) is 6.41. The van der Waals surface area contributed by atoms with Gasteiger partial charge in [0.1, 0.15) is 0 Å². The minimum absolute atomic E-state index is 0.0847. The Morgan fingerprint density at radius 1 is 1.42 bits per heavy atom. The van der Waals surface area contributed by atoms with E-state index in [0.29, 0.717) is 6.61 Å². The first-order chi connectivity index (χ1) is 8.89. The number of hydrogen-bond acceptors (Lipinski definition) is 4. The lowest BCUT2D eigenvalue weighted by atomic mass is 9.41. The highest BCUT2D eigenvalue weighted by molar-refractivity contribution is 5.77.